The first-order valence-electron chi connectivity index (χ1n) is 7.54. The number of carbonyl (C=O) groups is 1. The molecule has 4 heterocycles. The van der Waals surface area contributed by atoms with Crippen LogP contribution in [0.25, 0.3) is 5.52 Å². The number of aromatic nitrogens is 4. The van der Waals surface area contributed by atoms with Crippen LogP contribution in [0.1, 0.15) is 27.4 Å². The van der Waals surface area contributed by atoms with Crippen LogP contribution in [0.15, 0.2) is 30.5 Å². The minimum absolute atomic E-state index is 0.390. The van der Waals surface area contributed by atoms with E-state index in [0.29, 0.717) is 12.2 Å². The second-order valence-electron chi connectivity index (χ2n) is 5.67. The Hall–Kier alpha value is -2.67. The smallest absolute Gasteiger partial charge is 0.358 e. The molecule has 0 spiro atoms. The zero-order valence-corrected chi connectivity index (χ0v) is 12.8. The summed E-state index contributed by atoms with van der Waals surface area (Å²) < 4.78 is 6.76. The molecule has 23 heavy (non-hydrogen) atoms. The number of fused-ring (bicyclic) bond motifs is 2. The van der Waals surface area contributed by atoms with Crippen LogP contribution in [-0.4, -0.2) is 44.3 Å². The van der Waals surface area contributed by atoms with Crippen molar-refractivity contribution in [1.29, 1.82) is 0 Å². The molecule has 0 amide bonds. The molecule has 0 atom stereocenters. The van der Waals surface area contributed by atoms with Gasteiger partial charge in [-0.3, -0.25) is 10.00 Å². The monoisotopic (exact) mass is 311 g/mol. The molecule has 4 rings (SSSR count). The number of nitrogens with zero attached hydrogens (tertiary/aromatic N) is 4. The zero-order chi connectivity index (χ0) is 15.8. The van der Waals surface area contributed by atoms with E-state index in [1.54, 1.807) is 6.20 Å². The maximum atomic E-state index is 11.8. The van der Waals surface area contributed by atoms with Gasteiger partial charge in [0.15, 0.2) is 5.69 Å². The van der Waals surface area contributed by atoms with Gasteiger partial charge in [-0.15, -0.1) is 0 Å². The topological polar surface area (TPSA) is 75.5 Å². The molecule has 7 heteroatoms. The van der Waals surface area contributed by atoms with E-state index < -0.39 is 5.97 Å². The number of methoxy groups -OCH3 is 1. The zero-order valence-electron chi connectivity index (χ0n) is 12.8. The first-order chi connectivity index (χ1) is 11.3. The fourth-order valence-electron chi connectivity index (χ4n) is 3.11. The van der Waals surface area contributed by atoms with Gasteiger partial charge in [-0.2, -0.15) is 10.2 Å². The van der Waals surface area contributed by atoms with E-state index >= 15 is 0 Å². The summed E-state index contributed by atoms with van der Waals surface area (Å²) in [5.74, 6) is -0.390. The summed E-state index contributed by atoms with van der Waals surface area (Å²) >= 11 is 0. The standard InChI is InChI=1S/C16H17N5O2/c1-23-16(22)15-13-10-20(8-6-14(13)18-19-15)9-12-4-2-3-11-5-7-17-21(11)12/h2-5,7H,6,8-10H2,1H3,(H,18,19). The second-order valence-corrected chi connectivity index (χ2v) is 5.67. The lowest BCUT2D eigenvalue weighted by Crippen LogP contribution is -2.31. The van der Waals surface area contributed by atoms with E-state index in [1.807, 2.05) is 22.7 Å². The number of hydrogen-bond acceptors (Lipinski definition) is 5. The molecule has 118 valence electrons. The van der Waals surface area contributed by atoms with Crippen molar-refractivity contribution in [2.45, 2.75) is 19.5 Å². The van der Waals surface area contributed by atoms with Crippen LogP contribution in [0.2, 0.25) is 0 Å². The summed E-state index contributed by atoms with van der Waals surface area (Å²) in [6, 6.07) is 8.14. The normalized spacial score (nSPS) is 14.8. The number of ether oxygens (including phenoxy) is 1. The van der Waals surface area contributed by atoms with Crippen LogP contribution in [0.3, 0.4) is 0 Å². The first kappa shape index (κ1) is 14.0. The van der Waals surface area contributed by atoms with Gasteiger partial charge in [0.25, 0.3) is 0 Å². The van der Waals surface area contributed by atoms with Crippen molar-refractivity contribution in [3.63, 3.8) is 0 Å². The Morgan fingerprint density at radius 3 is 3.17 bits per heavy atom. The van der Waals surface area contributed by atoms with Crippen molar-refractivity contribution < 1.29 is 9.53 Å². The van der Waals surface area contributed by atoms with Crippen LogP contribution in [0.4, 0.5) is 0 Å². The minimum atomic E-state index is -0.390. The highest BCUT2D eigenvalue weighted by molar-refractivity contribution is 5.89. The average molecular weight is 311 g/mol. The van der Waals surface area contributed by atoms with E-state index in [9.17, 15) is 4.79 Å². The van der Waals surface area contributed by atoms with Crippen molar-refractivity contribution in [3.05, 3.63) is 53.1 Å². The summed E-state index contributed by atoms with van der Waals surface area (Å²) in [5, 5.41) is 11.4. The van der Waals surface area contributed by atoms with Crippen molar-refractivity contribution >= 4 is 11.5 Å². The summed E-state index contributed by atoms with van der Waals surface area (Å²) in [6.07, 6.45) is 2.65. The van der Waals surface area contributed by atoms with Gasteiger partial charge in [0.1, 0.15) is 0 Å². The summed E-state index contributed by atoms with van der Waals surface area (Å²) in [4.78, 5) is 14.1. The molecule has 1 aliphatic rings. The van der Waals surface area contributed by atoms with Crippen molar-refractivity contribution in [2.24, 2.45) is 0 Å². The summed E-state index contributed by atoms with van der Waals surface area (Å²) in [7, 11) is 1.38. The van der Waals surface area contributed by atoms with Crippen LogP contribution in [0.5, 0.6) is 0 Å². The number of esters is 1. The molecular weight excluding hydrogens is 294 g/mol. The van der Waals surface area contributed by atoms with Gasteiger partial charge in [0, 0.05) is 43.5 Å². The molecule has 3 aromatic heterocycles. The third-order valence-electron chi connectivity index (χ3n) is 4.28. The van der Waals surface area contributed by atoms with Gasteiger partial charge in [0.2, 0.25) is 0 Å². The largest absolute Gasteiger partial charge is 0.464 e. The van der Waals surface area contributed by atoms with E-state index in [0.717, 1.165) is 42.0 Å². The summed E-state index contributed by atoms with van der Waals surface area (Å²) in [5.41, 5.74) is 4.57. The highest BCUT2D eigenvalue weighted by Gasteiger charge is 2.26. The van der Waals surface area contributed by atoms with Gasteiger partial charge in [-0.25, -0.2) is 9.31 Å². The quantitative estimate of drug-likeness (QED) is 0.740. The Morgan fingerprint density at radius 2 is 2.30 bits per heavy atom. The molecule has 7 nitrogen and oxygen atoms in total. The van der Waals surface area contributed by atoms with Crippen molar-refractivity contribution in [1.82, 2.24) is 24.7 Å². The highest BCUT2D eigenvalue weighted by atomic mass is 16.5. The van der Waals surface area contributed by atoms with Crippen LogP contribution in [0, 0.1) is 0 Å². The number of nitrogens with one attached hydrogen (secondary N) is 1. The van der Waals surface area contributed by atoms with Gasteiger partial charge in [-0.1, -0.05) is 6.07 Å². The molecule has 0 radical (unpaired) electrons. The fraction of sp³-hybridized carbons (Fsp3) is 0.312. The maximum absolute atomic E-state index is 11.8. The Bertz CT molecular complexity index is 866. The number of carbonyl (C=O) groups excluding carboxylic acids is 1. The molecule has 0 unspecified atom stereocenters. The number of aromatic amines is 1. The maximum Gasteiger partial charge on any atom is 0.358 e. The Morgan fingerprint density at radius 1 is 1.39 bits per heavy atom. The predicted octanol–water partition coefficient (Wildman–Crippen LogP) is 1.40. The number of pyridine rings is 1. The number of rotatable bonds is 3. The summed E-state index contributed by atoms with van der Waals surface area (Å²) in [6.45, 7) is 2.35. The van der Waals surface area contributed by atoms with Gasteiger partial charge in [0.05, 0.1) is 18.3 Å². The lowest BCUT2D eigenvalue weighted by atomic mass is 10.1. The molecule has 0 aromatic carbocycles. The molecule has 0 fully saturated rings. The Kier molecular flexibility index (Phi) is 3.34. The lowest BCUT2D eigenvalue weighted by Gasteiger charge is -2.26. The van der Waals surface area contributed by atoms with Crippen LogP contribution >= 0.6 is 0 Å². The van der Waals surface area contributed by atoms with Crippen LogP contribution < -0.4 is 0 Å². The Labute approximate surface area is 132 Å². The van der Waals surface area contributed by atoms with Crippen molar-refractivity contribution in [3.8, 4) is 0 Å². The SMILES string of the molecule is COC(=O)c1n[nH]c2c1CN(Cc1cccc3ccnn13)CC2. The van der Waals surface area contributed by atoms with Gasteiger partial charge >= 0.3 is 5.97 Å². The molecule has 3 aromatic rings. The van der Waals surface area contributed by atoms with Crippen molar-refractivity contribution in [2.75, 3.05) is 13.7 Å². The average Bonchev–Trinajstić information content (AvgIpc) is 3.21. The van der Waals surface area contributed by atoms with E-state index in [2.05, 4.69) is 26.3 Å². The molecule has 0 aliphatic carbocycles. The van der Waals surface area contributed by atoms with E-state index in [4.69, 9.17) is 4.74 Å². The number of hydrogen-bond donors (Lipinski definition) is 1. The number of H-pyrrole nitrogens is 1. The third kappa shape index (κ3) is 2.39. The molecule has 0 bridgehead atoms. The lowest BCUT2D eigenvalue weighted by molar-refractivity contribution is 0.0591. The third-order valence-corrected chi connectivity index (χ3v) is 4.28. The van der Waals surface area contributed by atoms with E-state index in [1.165, 1.54) is 7.11 Å². The highest BCUT2D eigenvalue weighted by Crippen LogP contribution is 2.22. The van der Waals surface area contributed by atoms with Gasteiger partial charge in [-0.05, 0) is 18.2 Å². The second kappa shape index (κ2) is 5.51. The molecule has 1 N–H and O–H groups in total. The fourth-order valence-corrected chi connectivity index (χ4v) is 3.11. The molecule has 1 aliphatic heterocycles. The Balaban J connectivity index is 1.60. The van der Waals surface area contributed by atoms with Gasteiger partial charge < -0.3 is 4.74 Å². The molecule has 0 saturated carbocycles. The molecular formula is C16H17N5O2. The molecule has 0 saturated heterocycles. The minimum Gasteiger partial charge on any atom is -0.464 e. The predicted molar refractivity (Wildman–Crippen MR) is 82.9 cm³/mol. The van der Waals surface area contributed by atoms with E-state index in [-0.39, 0.29) is 0 Å². The van der Waals surface area contributed by atoms with Crippen LogP contribution in [-0.2, 0) is 24.2 Å². The first-order valence-corrected chi connectivity index (χ1v) is 7.54.